The van der Waals surface area contributed by atoms with Crippen LogP contribution in [0.5, 0.6) is 11.5 Å². The van der Waals surface area contributed by atoms with Gasteiger partial charge in [-0.25, -0.2) is 0 Å². The van der Waals surface area contributed by atoms with Crippen LogP contribution in [0.4, 0.5) is 13.2 Å². The van der Waals surface area contributed by atoms with Gasteiger partial charge in [0.25, 0.3) is 0 Å². The summed E-state index contributed by atoms with van der Waals surface area (Å²) in [6.07, 6.45) is -1.58. The zero-order valence-electron chi connectivity index (χ0n) is 9.77. The average molecular weight is 267 g/mol. The van der Waals surface area contributed by atoms with Crippen molar-refractivity contribution in [2.75, 3.05) is 0 Å². The van der Waals surface area contributed by atoms with Gasteiger partial charge in [0.05, 0.1) is 29.6 Å². The van der Waals surface area contributed by atoms with Gasteiger partial charge in [-0.1, -0.05) is 0 Å². The van der Waals surface area contributed by atoms with Crippen molar-refractivity contribution < 1.29 is 17.9 Å². The smallest absolute Gasteiger partial charge is 0.417 e. The number of aryl methyl sites for hydroxylation is 1. The molecule has 1 heterocycles. The van der Waals surface area contributed by atoms with Gasteiger partial charge in [0.2, 0.25) is 0 Å². The molecule has 98 valence electrons. The fourth-order valence-electron chi connectivity index (χ4n) is 1.51. The van der Waals surface area contributed by atoms with Crippen molar-refractivity contribution >= 4 is 0 Å². The molecule has 2 rings (SSSR count). The van der Waals surface area contributed by atoms with Crippen molar-refractivity contribution in [3.05, 3.63) is 41.7 Å². The molecule has 0 atom stereocenters. The van der Waals surface area contributed by atoms with E-state index in [4.69, 9.17) is 10.00 Å². The number of nitriles is 1. The van der Waals surface area contributed by atoms with E-state index in [2.05, 4.69) is 5.10 Å². The first kappa shape index (κ1) is 13.0. The van der Waals surface area contributed by atoms with E-state index in [0.29, 0.717) is 5.75 Å². The lowest BCUT2D eigenvalue weighted by molar-refractivity contribution is -0.137. The van der Waals surface area contributed by atoms with E-state index in [1.54, 1.807) is 13.2 Å². The van der Waals surface area contributed by atoms with E-state index in [1.807, 2.05) is 0 Å². The first-order chi connectivity index (χ1) is 8.90. The molecule has 0 aliphatic carbocycles. The molecule has 0 aliphatic heterocycles. The minimum absolute atomic E-state index is 0.151. The van der Waals surface area contributed by atoms with Crippen LogP contribution >= 0.6 is 0 Å². The highest BCUT2D eigenvalue weighted by Crippen LogP contribution is 2.34. The van der Waals surface area contributed by atoms with E-state index in [0.717, 1.165) is 18.2 Å². The highest BCUT2D eigenvalue weighted by atomic mass is 19.4. The SMILES string of the molecule is Cn1cc(Oc2ccc(C(F)(F)F)c(C#N)c2)cn1. The second-order valence-electron chi connectivity index (χ2n) is 3.77. The number of aromatic nitrogens is 2. The first-order valence-corrected chi connectivity index (χ1v) is 5.18. The monoisotopic (exact) mass is 267 g/mol. The molecular formula is C12H8F3N3O. The zero-order valence-corrected chi connectivity index (χ0v) is 9.77. The summed E-state index contributed by atoms with van der Waals surface area (Å²) in [6.45, 7) is 0. The van der Waals surface area contributed by atoms with Crippen molar-refractivity contribution in [2.45, 2.75) is 6.18 Å². The van der Waals surface area contributed by atoms with Crippen molar-refractivity contribution in [3.8, 4) is 17.6 Å². The molecule has 19 heavy (non-hydrogen) atoms. The molecular weight excluding hydrogens is 259 g/mol. The third kappa shape index (κ3) is 2.85. The van der Waals surface area contributed by atoms with E-state index >= 15 is 0 Å². The van der Waals surface area contributed by atoms with Crippen LogP contribution in [-0.4, -0.2) is 9.78 Å². The molecule has 0 unspecified atom stereocenters. The second kappa shape index (κ2) is 4.65. The number of nitrogens with zero attached hydrogens (tertiary/aromatic N) is 3. The summed E-state index contributed by atoms with van der Waals surface area (Å²) in [5, 5.41) is 12.6. The number of rotatable bonds is 2. The lowest BCUT2D eigenvalue weighted by Crippen LogP contribution is -2.07. The molecule has 0 saturated heterocycles. The van der Waals surface area contributed by atoms with Gasteiger partial charge in [0, 0.05) is 7.05 Å². The highest BCUT2D eigenvalue weighted by Gasteiger charge is 2.33. The van der Waals surface area contributed by atoms with Crippen LogP contribution in [0, 0.1) is 11.3 Å². The summed E-state index contributed by atoms with van der Waals surface area (Å²) in [4.78, 5) is 0. The molecule has 1 aromatic heterocycles. The van der Waals surface area contributed by atoms with E-state index < -0.39 is 17.3 Å². The Balaban J connectivity index is 2.32. The Morgan fingerprint density at radius 1 is 1.32 bits per heavy atom. The second-order valence-corrected chi connectivity index (χ2v) is 3.77. The van der Waals surface area contributed by atoms with Crippen molar-refractivity contribution in [1.82, 2.24) is 9.78 Å². The number of hydrogen-bond donors (Lipinski definition) is 0. The van der Waals surface area contributed by atoms with Gasteiger partial charge < -0.3 is 4.74 Å². The Labute approximate surface area is 106 Å². The van der Waals surface area contributed by atoms with Crippen molar-refractivity contribution in [1.29, 1.82) is 5.26 Å². The third-order valence-corrected chi connectivity index (χ3v) is 2.33. The molecule has 0 fully saturated rings. The normalized spacial score (nSPS) is 11.1. The maximum Gasteiger partial charge on any atom is 0.417 e. The number of benzene rings is 1. The maximum absolute atomic E-state index is 12.6. The van der Waals surface area contributed by atoms with E-state index in [-0.39, 0.29) is 5.75 Å². The number of alkyl halides is 3. The molecule has 0 saturated carbocycles. The van der Waals surface area contributed by atoms with Crippen molar-refractivity contribution in [2.24, 2.45) is 7.05 Å². The summed E-state index contributed by atoms with van der Waals surface area (Å²) >= 11 is 0. The van der Waals surface area contributed by atoms with Crippen LogP contribution in [0.3, 0.4) is 0 Å². The Morgan fingerprint density at radius 2 is 2.05 bits per heavy atom. The lowest BCUT2D eigenvalue weighted by atomic mass is 10.1. The largest absolute Gasteiger partial charge is 0.454 e. The predicted octanol–water partition coefficient (Wildman–Crippen LogP) is 3.10. The maximum atomic E-state index is 12.6. The summed E-state index contributed by atoms with van der Waals surface area (Å²) in [5.41, 5.74) is -1.46. The minimum atomic E-state index is -4.56. The van der Waals surface area contributed by atoms with Crippen LogP contribution in [0.25, 0.3) is 0 Å². The van der Waals surface area contributed by atoms with Gasteiger partial charge in [-0.15, -0.1) is 0 Å². The van der Waals surface area contributed by atoms with Gasteiger partial charge in [0.1, 0.15) is 5.75 Å². The van der Waals surface area contributed by atoms with Crippen LogP contribution in [0.2, 0.25) is 0 Å². The minimum Gasteiger partial charge on any atom is -0.454 e. The molecule has 0 amide bonds. The number of ether oxygens (including phenoxy) is 1. The highest BCUT2D eigenvalue weighted by molar-refractivity contribution is 5.45. The molecule has 0 spiro atoms. The zero-order chi connectivity index (χ0) is 14.0. The molecule has 0 radical (unpaired) electrons. The van der Waals surface area contributed by atoms with Crippen LogP contribution in [-0.2, 0) is 13.2 Å². The fourth-order valence-corrected chi connectivity index (χ4v) is 1.51. The van der Waals surface area contributed by atoms with Crippen LogP contribution in [0.1, 0.15) is 11.1 Å². The van der Waals surface area contributed by atoms with Crippen LogP contribution in [0.15, 0.2) is 30.6 Å². The molecule has 7 heteroatoms. The van der Waals surface area contributed by atoms with Crippen molar-refractivity contribution in [3.63, 3.8) is 0 Å². The first-order valence-electron chi connectivity index (χ1n) is 5.18. The predicted molar refractivity (Wildman–Crippen MR) is 59.4 cm³/mol. The topological polar surface area (TPSA) is 50.8 Å². The Hall–Kier alpha value is -2.49. The Bertz CT molecular complexity index is 640. The molecule has 2 aromatic rings. The Kier molecular flexibility index (Phi) is 3.17. The third-order valence-electron chi connectivity index (χ3n) is 2.33. The summed E-state index contributed by atoms with van der Waals surface area (Å²) in [5.74, 6) is 0.531. The average Bonchev–Trinajstić information content (AvgIpc) is 2.73. The lowest BCUT2D eigenvalue weighted by Gasteiger charge is -2.10. The summed E-state index contributed by atoms with van der Waals surface area (Å²) in [6, 6.07) is 4.55. The fraction of sp³-hybridized carbons (Fsp3) is 0.167. The standard InChI is InChI=1S/C12H8F3N3O/c1-18-7-10(6-17-18)19-9-2-3-11(12(13,14)15)8(4-9)5-16/h2-4,6-7H,1H3. The quantitative estimate of drug-likeness (QED) is 0.840. The number of hydrogen-bond acceptors (Lipinski definition) is 3. The van der Waals surface area contributed by atoms with Gasteiger partial charge >= 0.3 is 6.18 Å². The van der Waals surface area contributed by atoms with Gasteiger partial charge in [0.15, 0.2) is 5.75 Å². The summed E-state index contributed by atoms with van der Waals surface area (Å²) < 4.78 is 44.6. The van der Waals surface area contributed by atoms with E-state index in [9.17, 15) is 13.2 Å². The van der Waals surface area contributed by atoms with Gasteiger partial charge in [-0.05, 0) is 18.2 Å². The molecule has 0 aliphatic rings. The molecule has 4 nitrogen and oxygen atoms in total. The van der Waals surface area contributed by atoms with Gasteiger partial charge in [-0.3, -0.25) is 4.68 Å². The van der Waals surface area contributed by atoms with Gasteiger partial charge in [-0.2, -0.15) is 23.5 Å². The summed E-state index contributed by atoms with van der Waals surface area (Å²) in [7, 11) is 1.68. The van der Waals surface area contributed by atoms with Crippen LogP contribution < -0.4 is 4.74 Å². The Morgan fingerprint density at radius 3 is 2.58 bits per heavy atom. The molecule has 0 bridgehead atoms. The molecule has 1 aromatic carbocycles. The number of halogens is 3. The molecule has 0 N–H and O–H groups in total. The van der Waals surface area contributed by atoms with E-state index in [1.165, 1.54) is 16.9 Å².